The van der Waals surface area contributed by atoms with Crippen molar-refractivity contribution in [1.82, 2.24) is 24.9 Å². The Morgan fingerprint density at radius 1 is 0.288 bits per heavy atom. The highest BCUT2D eigenvalue weighted by atomic mass is 15.0. The van der Waals surface area contributed by atoms with E-state index in [1.165, 1.54) is 33.4 Å². The van der Waals surface area contributed by atoms with Crippen molar-refractivity contribution in [3.8, 4) is 78.8 Å². The van der Waals surface area contributed by atoms with Gasteiger partial charge in [0.15, 0.2) is 17.5 Å². The summed E-state index contributed by atoms with van der Waals surface area (Å²) in [4.78, 5) is 25.7. The van der Waals surface area contributed by atoms with Crippen LogP contribution in [0.15, 0.2) is 261 Å². The average molecular weight is 930 g/mol. The van der Waals surface area contributed by atoms with E-state index in [4.69, 9.17) is 19.9 Å². The summed E-state index contributed by atoms with van der Waals surface area (Å²) in [6.07, 6.45) is 3.82. The molecule has 0 N–H and O–H groups in total. The predicted molar refractivity (Wildman–Crippen MR) is 298 cm³/mol. The molecule has 0 aliphatic heterocycles. The highest BCUT2D eigenvalue weighted by Gasteiger charge is 2.46. The van der Waals surface area contributed by atoms with Gasteiger partial charge in [-0.15, -0.1) is 0 Å². The predicted octanol–water partition coefficient (Wildman–Crippen LogP) is 16.5. The van der Waals surface area contributed by atoms with Crippen LogP contribution in [0.3, 0.4) is 0 Å². The van der Waals surface area contributed by atoms with Crippen LogP contribution in [0, 0.1) is 0 Å². The monoisotopic (exact) mass is 929 g/mol. The molecule has 5 nitrogen and oxygen atoms in total. The molecule has 0 amide bonds. The van der Waals surface area contributed by atoms with Crippen LogP contribution in [0.4, 0.5) is 0 Å². The Morgan fingerprint density at radius 3 is 1.45 bits per heavy atom. The smallest absolute Gasteiger partial charge is 0.164 e. The second-order valence-electron chi connectivity index (χ2n) is 18.7. The van der Waals surface area contributed by atoms with E-state index < -0.39 is 5.41 Å². The van der Waals surface area contributed by atoms with Crippen LogP contribution < -0.4 is 0 Å². The van der Waals surface area contributed by atoms with Gasteiger partial charge in [-0.1, -0.05) is 218 Å². The van der Waals surface area contributed by atoms with E-state index in [1.807, 2.05) is 48.8 Å². The van der Waals surface area contributed by atoms with Crippen molar-refractivity contribution >= 4 is 32.4 Å². The first-order valence-electron chi connectivity index (χ1n) is 24.7. The molecule has 3 heterocycles. The van der Waals surface area contributed by atoms with Gasteiger partial charge in [0.25, 0.3) is 0 Å². The number of para-hydroxylation sites is 1. The minimum Gasteiger partial charge on any atom is -0.264 e. The summed E-state index contributed by atoms with van der Waals surface area (Å²) < 4.78 is 0. The first kappa shape index (κ1) is 42.2. The number of hydrogen-bond acceptors (Lipinski definition) is 5. The van der Waals surface area contributed by atoms with Crippen molar-refractivity contribution in [1.29, 1.82) is 0 Å². The van der Waals surface area contributed by atoms with E-state index in [2.05, 4.69) is 217 Å². The molecule has 0 saturated carbocycles. The van der Waals surface area contributed by atoms with Crippen molar-refractivity contribution in [3.05, 3.63) is 283 Å². The summed E-state index contributed by atoms with van der Waals surface area (Å²) in [6, 6.07) is 88.7. The Kier molecular flexibility index (Phi) is 10.0. The Morgan fingerprint density at radius 2 is 0.781 bits per heavy atom. The topological polar surface area (TPSA) is 64.5 Å². The van der Waals surface area contributed by atoms with E-state index in [0.717, 1.165) is 82.6 Å². The molecule has 14 rings (SSSR count). The molecule has 0 unspecified atom stereocenters. The van der Waals surface area contributed by atoms with Gasteiger partial charge in [0, 0.05) is 45.4 Å². The Labute approximate surface area is 422 Å². The molecular weight excluding hydrogens is 887 g/mol. The number of benzene rings is 10. The summed E-state index contributed by atoms with van der Waals surface area (Å²) in [5.41, 5.74) is 16.7. The van der Waals surface area contributed by atoms with Crippen LogP contribution >= 0.6 is 0 Å². The van der Waals surface area contributed by atoms with Crippen LogP contribution in [-0.2, 0) is 5.41 Å². The summed E-state index contributed by atoms with van der Waals surface area (Å²) in [5.74, 6) is 1.81. The average Bonchev–Trinajstić information content (AvgIpc) is 3.78. The summed E-state index contributed by atoms with van der Waals surface area (Å²) in [6.45, 7) is 0. The molecule has 0 fully saturated rings. The Balaban J connectivity index is 1.05. The number of aromatic nitrogens is 5. The minimum absolute atomic E-state index is 0.559. The van der Waals surface area contributed by atoms with Crippen molar-refractivity contribution in [2.75, 3.05) is 0 Å². The fourth-order valence-corrected chi connectivity index (χ4v) is 11.5. The lowest BCUT2D eigenvalue weighted by molar-refractivity contribution is 0.768. The maximum atomic E-state index is 5.34. The van der Waals surface area contributed by atoms with Gasteiger partial charge in [0.2, 0.25) is 0 Å². The molecule has 3 aromatic heterocycles. The highest BCUT2D eigenvalue weighted by molar-refractivity contribution is 6.14. The number of pyridine rings is 2. The van der Waals surface area contributed by atoms with Crippen molar-refractivity contribution in [2.45, 2.75) is 5.41 Å². The fraction of sp³-hybridized carbons (Fsp3) is 0.0147. The second-order valence-corrected chi connectivity index (χ2v) is 18.7. The van der Waals surface area contributed by atoms with Crippen molar-refractivity contribution in [3.63, 3.8) is 0 Å². The van der Waals surface area contributed by atoms with Crippen molar-refractivity contribution in [2.24, 2.45) is 0 Å². The molecule has 0 bridgehead atoms. The van der Waals surface area contributed by atoms with E-state index in [9.17, 15) is 0 Å². The normalized spacial score (nSPS) is 12.5. The lowest BCUT2D eigenvalue weighted by Crippen LogP contribution is -2.28. The number of nitrogens with zero attached hydrogens (tertiary/aromatic N) is 5. The third-order valence-electron chi connectivity index (χ3n) is 14.7. The largest absolute Gasteiger partial charge is 0.264 e. The highest BCUT2D eigenvalue weighted by Crippen LogP contribution is 2.58. The third kappa shape index (κ3) is 6.89. The molecule has 5 heteroatoms. The lowest BCUT2D eigenvalue weighted by atomic mass is 9.67. The molecule has 0 saturated heterocycles. The molecule has 340 valence electrons. The van der Waals surface area contributed by atoms with Gasteiger partial charge in [-0.05, 0) is 102 Å². The molecule has 1 aliphatic carbocycles. The summed E-state index contributed by atoms with van der Waals surface area (Å²) in [7, 11) is 0. The maximum Gasteiger partial charge on any atom is 0.164 e. The summed E-state index contributed by atoms with van der Waals surface area (Å²) in [5, 5.41) is 5.46. The zero-order valence-electron chi connectivity index (χ0n) is 39.6. The molecule has 0 atom stereocenters. The SMILES string of the molecule is c1ccc(-c2nc(-c3ccccc3)nc(-c3cc(-c4cccc5c4-c4ccccc4C5(c4ccccc4)c4ccccc4)cc(-c4ccc(-c5nc6ccccc6c6ccncc56)c5ccccc45)c3)n2)cc1. The minimum atomic E-state index is -0.559. The van der Waals surface area contributed by atoms with Gasteiger partial charge in [-0.25, -0.2) is 19.9 Å². The van der Waals surface area contributed by atoms with Gasteiger partial charge < -0.3 is 0 Å². The lowest BCUT2D eigenvalue weighted by Gasteiger charge is -2.34. The standard InChI is InChI=1S/C68H43N5/c1-5-20-44(21-6-1)65-71-66(45-22-7-2-8-23-45)73-67(72-65)48-41-46(51-36-37-57(54-29-14-13-28-53(51)54)64-59-43-69-39-38-55(59)56-30-16-18-35-62(56)70-64)40-47(42-48)52-32-19-34-61-63(52)58-31-15-17-33-60(58)68(61,49-24-9-3-10-25-49)50-26-11-4-12-27-50/h1-43H. The molecule has 0 spiro atoms. The van der Waals surface area contributed by atoms with E-state index in [0.29, 0.717) is 17.5 Å². The van der Waals surface area contributed by atoms with Gasteiger partial charge in [0.05, 0.1) is 16.6 Å². The van der Waals surface area contributed by atoms with Gasteiger partial charge in [-0.3, -0.25) is 4.98 Å². The van der Waals surface area contributed by atoms with Gasteiger partial charge in [0.1, 0.15) is 0 Å². The maximum absolute atomic E-state index is 5.34. The van der Waals surface area contributed by atoms with Crippen molar-refractivity contribution < 1.29 is 0 Å². The Bertz CT molecular complexity index is 4150. The van der Waals surface area contributed by atoms with E-state index >= 15 is 0 Å². The number of hydrogen-bond donors (Lipinski definition) is 0. The van der Waals surface area contributed by atoms with Gasteiger partial charge >= 0.3 is 0 Å². The van der Waals surface area contributed by atoms with Crippen LogP contribution in [0.2, 0.25) is 0 Å². The second kappa shape index (κ2) is 17.3. The number of rotatable bonds is 8. The van der Waals surface area contributed by atoms with Crippen LogP contribution in [0.5, 0.6) is 0 Å². The van der Waals surface area contributed by atoms with E-state index in [-0.39, 0.29) is 0 Å². The molecule has 1 aliphatic rings. The molecule has 13 aromatic rings. The molecule has 73 heavy (non-hydrogen) atoms. The quantitative estimate of drug-likeness (QED) is 0.142. The van der Waals surface area contributed by atoms with E-state index in [1.54, 1.807) is 0 Å². The first-order chi connectivity index (χ1) is 36.2. The molecular formula is C68H43N5. The zero-order chi connectivity index (χ0) is 48.3. The molecule has 10 aromatic carbocycles. The van der Waals surface area contributed by atoms with Crippen LogP contribution in [0.1, 0.15) is 22.3 Å². The summed E-state index contributed by atoms with van der Waals surface area (Å²) >= 11 is 0. The zero-order valence-corrected chi connectivity index (χ0v) is 39.6. The van der Waals surface area contributed by atoms with Gasteiger partial charge in [-0.2, -0.15) is 0 Å². The Hall–Kier alpha value is -9.71. The van der Waals surface area contributed by atoms with Crippen LogP contribution in [-0.4, -0.2) is 24.9 Å². The molecule has 0 radical (unpaired) electrons. The van der Waals surface area contributed by atoms with Crippen LogP contribution in [0.25, 0.3) is 111 Å². The fourth-order valence-electron chi connectivity index (χ4n) is 11.5. The third-order valence-corrected chi connectivity index (χ3v) is 14.7. The number of fused-ring (bicyclic) bond motifs is 7. The first-order valence-corrected chi connectivity index (χ1v) is 24.7.